The molecule has 0 aliphatic rings. The molecule has 1 aromatic heterocycles. The summed E-state index contributed by atoms with van der Waals surface area (Å²) in [4.78, 5) is 8.17. The largest absolute Gasteiger partial charge is 0.223 e. The highest BCUT2D eigenvalue weighted by molar-refractivity contribution is 7.98. The van der Waals surface area contributed by atoms with E-state index in [1.807, 2.05) is 37.3 Å². The van der Waals surface area contributed by atoms with E-state index in [-0.39, 0.29) is 5.28 Å². The van der Waals surface area contributed by atoms with Crippen LogP contribution in [0.4, 0.5) is 0 Å². The van der Waals surface area contributed by atoms with Crippen LogP contribution in [0.25, 0.3) is 0 Å². The summed E-state index contributed by atoms with van der Waals surface area (Å²) in [5, 5.41) is 1.92. The maximum atomic E-state index is 6.08. The van der Waals surface area contributed by atoms with Crippen molar-refractivity contribution in [2.75, 3.05) is 0 Å². The zero-order chi connectivity index (χ0) is 12.3. The van der Waals surface area contributed by atoms with Gasteiger partial charge in [0.05, 0.1) is 0 Å². The Morgan fingerprint density at radius 2 is 1.94 bits per heavy atom. The average Bonchev–Trinajstić information content (AvgIpc) is 2.27. The van der Waals surface area contributed by atoms with Crippen molar-refractivity contribution in [1.82, 2.24) is 9.97 Å². The molecule has 2 nitrogen and oxygen atoms in total. The zero-order valence-electron chi connectivity index (χ0n) is 9.15. The van der Waals surface area contributed by atoms with Crippen LogP contribution in [0.15, 0.2) is 35.4 Å². The maximum Gasteiger partial charge on any atom is 0.223 e. The first-order chi connectivity index (χ1) is 8.15. The van der Waals surface area contributed by atoms with Crippen molar-refractivity contribution in [2.24, 2.45) is 0 Å². The molecular weight excluding hydrogens is 275 g/mol. The molecule has 0 aliphatic heterocycles. The van der Waals surface area contributed by atoms with Crippen LogP contribution in [0.3, 0.4) is 0 Å². The summed E-state index contributed by atoms with van der Waals surface area (Å²) in [5.41, 5.74) is 1.96. The van der Waals surface area contributed by atoms with Gasteiger partial charge in [-0.15, -0.1) is 11.8 Å². The molecular formula is C12H10Cl2N2S. The SMILES string of the molecule is Cc1cc(SCc2ccccc2Cl)nc(Cl)n1. The Labute approximate surface area is 114 Å². The fourth-order valence-electron chi connectivity index (χ4n) is 1.35. The van der Waals surface area contributed by atoms with E-state index in [9.17, 15) is 0 Å². The molecule has 2 aromatic rings. The van der Waals surface area contributed by atoms with Gasteiger partial charge in [-0.25, -0.2) is 9.97 Å². The second kappa shape index (κ2) is 5.71. The molecule has 0 saturated carbocycles. The van der Waals surface area contributed by atoms with Crippen LogP contribution in [-0.2, 0) is 5.75 Å². The van der Waals surface area contributed by atoms with Crippen LogP contribution in [0, 0.1) is 6.92 Å². The van der Waals surface area contributed by atoms with Crippen molar-refractivity contribution in [3.8, 4) is 0 Å². The van der Waals surface area contributed by atoms with E-state index in [1.165, 1.54) is 0 Å². The van der Waals surface area contributed by atoms with Crippen LogP contribution >= 0.6 is 35.0 Å². The topological polar surface area (TPSA) is 25.8 Å². The number of hydrogen-bond acceptors (Lipinski definition) is 3. The highest BCUT2D eigenvalue weighted by Gasteiger charge is 2.03. The van der Waals surface area contributed by atoms with E-state index >= 15 is 0 Å². The molecule has 5 heteroatoms. The predicted octanol–water partition coefficient (Wildman–Crippen LogP) is 4.38. The van der Waals surface area contributed by atoms with Gasteiger partial charge in [0.2, 0.25) is 5.28 Å². The van der Waals surface area contributed by atoms with Gasteiger partial charge in [0.25, 0.3) is 0 Å². The lowest BCUT2D eigenvalue weighted by atomic mass is 10.2. The van der Waals surface area contributed by atoms with Crippen molar-refractivity contribution < 1.29 is 0 Å². The molecule has 0 N–H and O–H groups in total. The first-order valence-electron chi connectivity index (χ1n) is 5.02. The third kappa shape index (κ3) is 3.60. The number of rotatable bonds is 3. The Balaban J connectivity index is 2.10. The van der Waals surface area contributed by atoms with Crippen LogP contribution in [-0.4, -0.2) is 9.97 Å². The highest BCUT2D eigenvalue weighted by Crippen LogP contribution is 2.26. The lowest BCUT2D eigenvalue weighted by Gasteiger charge is -2.04. The molecule has 1 aromatic carbocycles. The molecule has 0 fully saturated rings. The summed E-state index contributed by atoms with van der Waals surface area (Å²) in [5.74, 6) is 0.770. The van der Waals surface area contributed by atoms with E-state index in [4.69, 9.17) is 23.2 Å². The lowest BCUT2D eigenvalue weighted by molar-refractivity contribution is 1.01. The second-order valence-electron chi connectivity index (χ2n) is 3.50. The number of nitrogens with zero attached hydrogens (tertiary/aromatic N) is 2. The first-order valence-corrected chi connectivity index (χ1v) is 6.76. The standard InChI is InChI=1S/C12H10Cl2N2S/c1-8-6-11(16-12(14)15-8)17-7-9-4-2-3-5-10(9)13/h2-6H,7H2,1H3. The van der Waals surface area contributed by atoms with Crippen LogP contribution in [0.1, 0.15) is 11.3 Å². The maximum absolute atomic E-state index is 6.08. The van der Waals surface area contributed by atoms with E-state index in [0.29, 0.717) is 0 Å². The Hall–Kier alpha value is -0.770. The third-order valence-corrected chi connectivity index (χ3v) is 3.63. The minimum absolute atomic E-state index is 0.284. The highest BCUT2D eigenvalue weighted by atomic mass is 35.5. The number of hydrogen-bond donors (Lipinski definition) is 0. The van der Waals surface area contributed by atoms with Gasteiger partial charge in [0.15, 0.2) is 0 Å². The van der Waals surface area contributed by atoms with Crippen molar-refractivity contribution >= 4 is 35.0 Å². The molecule has 2 rings (SSSR count). The van der Waals surface area contributed by atoms with E-state index < -0.39 is 0 Å². The predicted molar refractivity (Wildman–Crippen MR) is 72.8 cm³/mol. The molecule has 1 heterocycles. The molecule has 0 saturated heterocycles. The van der Waals surface area contributed by atoms with Crippen LogP contribution in [0.5, 0.6) is 0 Å². The van der Waals surface area contributed by atoms with Crippen molar-refractivity contribution in [3.63, 3.8) is 0 Å². The molecule has 0 aliphatic carbocycles. The van der Waals surface area contributed by atoms with Gasteiger partial charge in [0.1, 0.15) is 5.03 Å². The minimum Gasteiger partial charge on any atom is -0.223 e. The smallest absolute Gasteiger partial charge is 0.223 e. The summed E-state index contributed by atoms with van der Waals surface area (Å²) in [6.45, 7) is 1.90. The van der Waals surface area contributed by atoms with E-state index in [0.717, 1.165) is 27.1 Å². The van der Waals surface area contributed by atoms with Crippen molar-refractivity contribution in [3.05, 3.63) is 51.9 Å². The molecule has 17 heavy (non-hydrogen) atoms. The summed E-state index contributed by atoms with van der Waals surface area (Å²) in [6, 6.07) is 9.69. The van der Waals surface area contributed by atoms with E-state index in [1.54, 1.807) is 11.8 Å². The van der Waals surface area contributed by atoms with Gasteiger partial charge in [-0.2, -0.15) is 0 Å². The normalized spacial score (nSPS) is 10.5. The molecule has 0 atom stereocenters. The first kappa shape index (κ1) is 12.7. The van der Waals surface area contributed by atoms with E-state index in [2.05, 4.69) is 9.97 Å². The molecule has 0 unspecified atom stereocenters. The summed E-state index contributed by atoms with van der Waals surface area (Å²) < 4.78 is 0. The molecule has 0 spiro atoms. The van der Waals surface area contributed by atoms with Crippen LogP contribution in [0.2, 0.25) is 10.3 Å². The van der Waals surface area contributed by atoms with Gasteiger partial charge in [0, 0.05) is 16.5 Å². The molecule has 0 bridgehead atoms. The fraction of sp³-hybridized carbons (Fsp3) is 0.167. The number of benzene rings is 1. The van der Waals surface area contributed by atoms with Crippen molar-refractivity contribution in [2.45, 2.75) is 17.7 Å². The number of thioether (sulfide) groups is 1. The Kier molecular flexibility index (Phi) is 4.26. The number of aryl methyl sites for hydroxylation is 1. The molecule has 0 amide bonds. The fourth-order valence-corrected chi connectivity index (χ4v) is 2.86. The van der Waals surface area contributed by atoms with Crippen molar-refractivity contribution in [1.29, 1.82) is 0 Å². The van der Waals surface area contributed by atoms with Gasteiger partial charge in [-0.1, -0.05) is 29.8 Å². The Morgan fingerprint density at radius 3 is 2.65 bits per heavy atom. The summed E-state index contributed by atoms with van der Waals surface area (Å²) in [7, 11) is 0. The number of halogens is 2. The third-order valence-electron chi connectivity index (χ3n) is 2.14. The lowest BCUT2D eigenvalue weighted by Crippen LogP contribution is -1.90. The second-order valence-corrected chi connectivity index (χ2v) is 5.24. The summed E-state index contributed by atoms with van der Waals surface area (Å²) >= 11 is 13.5. The quantitative estimate of drug-likeness (QED) is 0.475. The van der Waals surface area contributed by atoms with Gasteiger partial charge < -0.3 is 0 Å². The van der Waals surface area contributed by atoms with Gasteiger partial charge in [-0.3, -0.25) is 0 Å². The molecule has 88 valence electrons. The Morgan fingerprint density at radius 1 is 1.18 bits per heavy atom. The summed E-state index contributed by atoms with van der Waals surface area (Å²) in [6.07, 6.45) is 0. The monoisotopic (exact) mass is 284 g/mol. The van der Waals surface area contributed by atoms with Gasteiger partial charge in [-0.05, 0) is 36.2 Å². The zero-order valence-corrected chi connectivity index (χ0v) is 11.5. The van der Waals surface area contributed by atoms with Gasteiger partial charge >= 0.3 is 0 Å². The minimum atomic E-state index is 0.284. The Bertz CT molecular complexity index is 511. The van der Waals surface area contributed by atoms with Crippen LogP contribution < -0.4 is 0 Å². The number of aromatic nitrogens is 2. The molecule has 0 radical (unpaired) electrons. The average molecular weight is 285 g/mol.